The summed E-state index contributed by atoms with van der Waals surface area (Å²) in [7, 11) is 0. The number of nitrogens with zero attached hydrogens (tertiary/aromatic N) is 6. The minimum atomic E-state index is -1.63. The van der Waals surface area contributed by atoms with Crippen molar-refractivity contribution in [3.05, 3.63) is 103 Å². The maximum absolute atomic E-state index is 13.8. The van der Waals surface area contributed by atoms with Crippen LogP contribution in [0.25, 0.3) is 16.9 Å². The molecule has 0 saturated carbocycles. The Morgan fingerprint density at radius 2 is 1.62 bits per heavy atom. The van der Waals surface area contributed by atoms with Crippen LogP contribution in [0.1, 0.15) is 18.0 Å². The van der Waals surface area contributed by atoms with Crippen LogP contribution in [0, 0.1) is 17.5 Å². The summed E-state index contributed by atoms with van der Waals surface area (Å²) in [4.78, 5) is 0. The zero-order valence-corrected chi connectivity index (χ0v) is 21.6. The van der Waals surface area contributed by atoms with Crippen LogP contribution in [0.15, 0.2) is 79.3 Å². The van der Waals surface area contributed by atoms with Gasteiger partial charge in [-0.25, -0.2) is 17.9 Å². The predicted octanol–water partition coefficient (Wildman–Crippen LogP) is 3.13. The van der Waals surface area contributed by atoms with Gasteiger partial charge in [-0.2, -0.15) is 0 Å². The first kappa shape index (κ1) is 27.5. The molecule has 1 aliphatic rings. The molecular weight excluding hydrogens is 557 g/mol. The van der Waals surface area contributed by atoms with Gasteiger partial charge in [-0.1, -0.05) is 29.5 Å². The van der Waals surface area contributed by atoms with Crippen molar-refractivity contribution in [1.29, 1.82) is 0 Å². The third-order valence-corrected chi connectivity index (χ3v) is 6.89. The van der Waals surface area contributed by atoms with Gasteiger partial charge in [0, 0.05) is 11.6 Å². The molecule has 0 bridgehead atoms. The molecule has 14 heteroatoms. The van der Waals surface area contributed by atoms with E-state index in [1.165, 1.54) is 12.5 Å². The van der Waals surface area contributed by atoms with Gasteiger partial charge in [0.05, 0.1) is 18.5 Å². The van der Waals surface area contributed by atoms with E-state index in [9.17, 15) is 28.5 Å². The minimum Gasteiger partial charge on any atom is -0.457 e. The highest BCUT2D eigenvalue weighted by molar-refractivity contribution is 5.58. The topological polar surface area (TPSA) is 141 Å². The molecule has 3 N–H and O–H groups in total. The second kappa shape index (κ2) is 11.3. The summed E-state index contributed by atoms with van der Waals surface area (Å²) >= 11 is 0. The standard InChI is InChI=1S/C28H23F3N6O5/c29-19-9-15(10-20(30)23(19)31)21-12-37(35-33-21)24-25(39)22(13-38)42-27(26(24)40)28-34-32-14-36(28)16-5-4-8-18(11-16)41-17-6-2-1-3-7-17/h1-12,14,22,24-27,38-40H,13H2/t22-,24+,25+,26-,27-/m1/s1. The van der Waals surface area contributed by atoms with Crippen LogP contribution in [0.3, 0.4) is 0 Å². The van der Waals surface area contributed by atoms with Crippen molar-refractivity contribution in [2.24, 2.45) is 0 Å². The second-order valence-electron chi connectivity index (χ2n) is 9.56. The van der Waals surface area contributed by atoms with Crippen LogP contribution in [0.5, 0.6) is 11.5 Å². The lowest BCUT2D eigenvalue weighted by Crippen LogP contribution is -2.53. The average molecular weight is 581 g/mol. The highest BCUT2D eigenvalue weighted by Crippen LogP contribution is 2.38. The molecule has 5 aromatic rings. The van der Waals surface area contributed by atoms with E-state index < -0.39 is 54.5 Å². The van der Waals surface area contributed by atoms with Gasteiger partial charge in [0.1, 0.15) is 54.0 Å². The molecule has 0 radical (unpaired) electrons. The summed E-state index contributed by atoms with van der Waals surface area (Å²) in [5, 5.41) is 48.3. The van der Waals surface area contributed by atoms with E-state index in [0.29, 0.717) is 17.2 Å². The maximum atomic E-state index is 13.8. The first-order valence-electron chi connectivity index (χ1n) is 12.8. The third kappa shape index (κ3) is 5.12. The van der Waals surface area contributed by atoms with Gasteiger partial charge in [-0.15, -0.1) is 15.3 Å². The van der Waals surface area contributed by atoms with Crippen molar-refractivity contribution >= 4 is 0 Å². The van der Waals surface area contributed by atoms with Gasteiger partial charge >= 0.3 is 0 Å². The summed E-state index contributed by atoms with van der Waals surface area (Å²) in [6, 6.07) is 16.5. The maximum Gasteiger partial charge on any atom is 0.194 e. The van der Waals surface area contributed by atoms with E-state index in [1.54, 1.807) is 28.8 Å². The number of para-hydroxylation sites is 1. The second-order valence-corrected chi connectivity index (χ2v) is 9.56. The normalized spacial score (nSPS) is 22.3. The van der Waals surface area contributed by atoms with Crippen molar-refractivity contribution in [1.82, 2.24) is 29.8 Å². The quantitative estimate of drug-likeness (QED) is 0.248. The number of aliphatic hydroxyl groups is 3. The highest BCUT2D eigenvalue weighted by atomic mass is 19.2. The molecule has 3 aromatic carbocycles. The zero-order valence-electron chi connectivity index (χ0n) is 21.6. The molecule has 1 aliphatic heterocycles. The molecule has 1 saturated heterocycles. The fraction of sp³-hybridized carbons (Fsp3) is 0.214. The lowest BCUT2D eigenvalue weighted by Gasteiger charge is -2.41. The number of aromatic nitrogens is 6. The largest absolute Gasteiger partial charge is 0.457 e. The molecule has 216 valence electrons. The molecule has 0 spiro atoms. The van der Waals surface area contributed by atoms with Gasteiger partial charge in [-0.3, -0.25) is 4.57 Å². The molecule has 1 fully saturated rings. The Bertz CT molecular complexity index is 1680. The number of aliphatic hydroxyl groups excluding tert-OH is 3. The molecule has 5 atom stereocenters. The predicted molar refractivity (Wildman–Crippen MR) is 139 cm³/mol. The van der Waals surface area contributed by atoms with E-state index in [4.69, 9.17) is 9.47 Å². The number of ether oxygens (including phenoxy) is 2. The minimum absolute atomic E-state index is 0.0470. The van der Waals surface area contributed by atoms with E-state index in [0.717, 1.165) is 16.8 Å². The molecule has 0 aliphatic carbocycles. The van der Waals surface area contributed by atoms with E-state index >= 15 is 0 Å². The fourth-order valence-corrected chi connectivity index (χ4v) is 4.84. The monoisotopic (exact) mass is 580 g/mol. The summed E-state index contributed by atoms with van der Waals surface area (Å²) in [5.41, 5.74) is 0.418. The molecule has 0 amide bonds. The van der Waals surface area contributed by atoms with Crippen molar-refractivity contribution in [3.8, 4) is 28.4 Å². The van der Waals surface area contributed by atoms with Gasteiger partial charge in [0.15, 0.2) is 23.3 Å². The molecular formula is C28H23F3N6O5. The average Bonchev–Trinajstić information content (AvgIpc) is 3.67. The van der Waals surface area contributed by atoms with Gasteiger partial charge < -0.3 is 24.8 Å². The summed E-state index contributed by atoms with van der Waals surface area (Å²) in [5.74, 6) is -3.15. The van der Waals surface area contributed by atoms with Crippen LogP contribution >= 0.6 is 0 Å². The number of benzene rings is 3. The molecule has 3 heterocycles. The van der Waals surface area contributed by atoms with Gasteiger partial charge in [-0.05, 0) is 36.4 Å². The Morgan fingerprint density at radius 3 is 2.36 bits per heavy atom. The Hall–Kier alpha value is -4.63. The molecule has 42 heavy (non-hydrogen) atoms. The Morgan fingerprint density at radius 1 is 0.881 bits per heavy atom. The van der Waals surface area contributed by atoms with Crippen molar-refractivity contribution in [3.63, 3.8) is 0 Å². The molecule has 0 unspecified atom stereocenters. The summed E-state index contributed by atoms with van der Waals surface area (Å²) < 4.78 is 55.5. The van der Waals surface area contributed by atoms with Crippen molar-refractivity contribution in [2.75, 3.05) is 6.61 Å². The molecule has 6 rings (SSSR count). The van der Waals surface area contributed by atoms with Crippen LogP contribution < -0.4 is 4.74 Å². The first-order valence-corrected chi connectivity index (χ1v) is 12.8. The Labute approximate surface area is 236 Å². The van der Waals surface area contributed by atoms with Crippen molar-refractivity contribution in [2.45, 2.75) is 30.5 Å². The summed E-state index contributed by atoms with van der Waals surface area (Å²) in [6.45, 7) is -0.620. The zero-order chi connectivity index (χ0) is 29.4. The smallest absolute Gasteiger partial charge is 0.194 e. The SMILES string of the molecule is OC[C@H]1O[C@@H](c2nncn2-c2cccc(Oc3ccccc3)c2)[C@H](O)[C@@H](n2cc(-c3cc(F)c(F)c(F)c3)nn2)[C@H]1O. The Balaban J connectivity index is 1.32. The van der Waals surface area contributed by atoms with Crippen molar-refractivity contribution < 1.29 is 38.0 Å². The van der Waals surface area contributed by atoms with E-state index in [1.807, 2.05) is 30.3 Å². The van der Waals surface area contributed by atoms with Crippen LogP contribution in [0.2, 0.25) is 0 Å². The van der Waals surface area contributed by atoms with E-state index in [2.05, 4.69) is 20.5 Å². The lowest BCUT2D eigenvalue weighted by molar-refractivity contribution is -0.210. The van der Waals surface area contributed by atoms with Crippen LogP contribution in [-0.4, -0.2) is 70.0 Å². The first-order chi connectivity index (χ1) is 20.3. The lowest BCUT2D eigenvalue weighted by atomic mass is 9.92. The molecule has 2 aromatic heterocycles. The van der Waals surface area contributed by atoms with Crippen LogP contribution in [0.4, 0.5) is 13.2 Å². The fourth-order valence-electron chi connectivity index (χ4n) is 4.84. The van der Waals surface area contributed by atoms with Crippen LogP contribution in [-0.2, 0) is 4.74 Å². The highest BCUT2D eigenvalue weighted by Gasteiger charge is 2.48. The molecule has 11 nitrogen and oxygen atoms in total. The number of hydrogen-bond acceptors (Lipinski definition) is 9. The number of halogens is 3. The number of hydrogen-bond donors (Lipinski definition) is 3. The summed E-state index contributed by atoms with van der Waals surface area (Å²) in [6.07, 6.45) is -2.75. The van der Waals surface area contributed by atoms with E-state index in [-0.39, 0.29) is 17.1 Å². The van der Waals surface area contributed by atoms with Gasteiger partial charge in [0.25, 0.3) is 0 Å². The third-order valence-electron chi connectivity index (χ3n) is 6.89. The number of rotatable bonds is 7. The Kier molecular flexibility index (Phi) is 7.43. The van der Waals surface area contributed by atoms with Gasteiger partial charge in [0.2, 0.25) is 0 Å².